The molecule has 0 unspecified atom stereocenters. The normalized spacial score (nSPS) is 10.1. The summed E-state index contributed by atoms with van der Waals surface area (Å²) in [4.78, 5) is 20.0. The molecule has 1 amide bonds. The molecule has 2 rings (SSSR count). The second-order valence-electron chi connectivity index (χ2n) is 3.56. The van der Waals surface area contributed by atoms with Crippen LogP contribution in [0.15, 0.2) is 41.3 Å². The number of carbonyl (C=O) groups excluding carboxylic acids is 1. The highest BCUT2D eigenvalue weighted by Gasteiger charge is 2.07. The van der Waals surface area contributed by atoms with E-state index in [1.807, 2.05) is 0 Å². The maximum absolute atomic E-state index is 11.9. The highest BCUT2D eigenvalue weighted by Crippen LogP contribution is 2.12. The Hall–Kier alpha value is -1.79. The monoisotopic (exact) mass is 306 g/mol. The van der Waals surface area contributed by atoms with Crippen LogP contribution in [0.3, 0.4) is 0 Å². The summed E-state index contributed by atoms with van der Waals surface area (Å²) in [6, 6.07) is 6.83. The predicted molar refractivity (Wildman–Crippen MR) is 72.0 cm³/mol. The summed E-state index contributed by atoms with van der Waals surface area (Å²) in [5.74, 6) is -0.212. The topological polar surface area (TPSA) is 80.9 Å². The number of nitrogens with zero attached hydrogens (tertiary/aromatic N) is 2. The van der Waals surface area contributed by atoms with Crippen molar-refractivity contribution in [2.24, 2.45) is 5.73 Å². The number of hydrogen-bond donors (Lipinski definition) is 2. The average molecular weight is 307 g/mol. The summed E-state index contributed by atoms with van der Waals surface area (Å²) in [5, 5.41) is 2.75. The van der Waals surface area contributed by atoms with Crippen molar-refractivity contribution in [2.45, 2.75) is 6.54 Å². The number of rotatable bonds is 3. The van der Waals surface area contributed by atoms with Crippen molar-refractivity contribution in [3.8, 4) is 0 Å². The van der Waals surface area contributed by atoms with Crippen LogP contribution in [0.25, 0.3) is 0 Å². The van der Waals surface area contributed by atoms with Gasteiger partial charge in [0.2, 0.25) is 0 Å². The Kier molecular flexibility index (Phi) is 4.01. The lowest BCUT2D eigenvalue weighted by molar-refractivity contribution is 0.102. The van der Waals surface area contributed by atoms with E-state index in [1.54, 1.807) is 36.7 Å². The van der Waals surface area contributed by atoms with Crippen LogP contribution in [-0.2, 0) is 6.54 Å². The molecule has 2 aromatic heterocycles. The van der Waals surface area contributed by atoms with Gasteiger partial charge in [-0.2, -0.15) is 0 Å². The van der Waals surface area contributed by atoms with Gasteiger partial charge in [-0.05, 0) is 40.2 Å². The molecule has 0 spiro atoms. The molecular weight excluding hydrogens is 296 g/mol. The Morgan fingerprint density at radius 2 is 2.17 bits per heavy atom. The second-order valence-corrected chi connectivity index (χ2v) is 4.38. The SMILES string of the molecule is NCc1cc(C(=O)Nc2ccc(Br)nc2)ccn1. The van der Waals surface area contributed by atoms with Crippen molar-refractivity contribution in [2.75, 3.05) is 5.32 Å². The van der Waals surface area contributed by atoms with Crippen molar-refractivity contribution < 1.29 is 4.79 Å². The number of nitrogens with two attached hydrogens (primary N) is 1. The molecule has 5 nitrogen and oxygen atoms in total. The van der Waals surface area contributed by atoms with Crippen LogP contribution in [0, 0.1) is 0 Å². The van der Waals surface area contributed by atoms with Crippen molar-refractivity contribution in [1.82, 2.24) is 9.97 Å². The van der Waals surface area contributed by atoms with Crippen LogP contribution in [0.1, 0.15) is 16.1 Å². The summed E-state index contributed by atoms with van der Waals surface area (Å²) in [6.45, 7) is 0.307. The molecule has 0 saturated carbocycles. The molecule has 2 aromatic rings. The third kappa shape index (κ3) is 3.12. The zero-order valence-electron chi connectivity index (χ0n) is 9.43. The van der Waals surface area contributed by atoms with E-state index < -0.39 is 0 Å². The van der Waals surface area contributed by atoms with E-state index in [0.29, 0.717) is 23.5 Å². The molecule has 0 aliphatic heterocycles. The third-order valence-corrected chi connectivity index (χ3v) is 2.74. The summed E-state index contributed by atoms with van der Waals surface area (Å²) in [5.41, 5.74) is 7.31. The Morgan fingerprint density at radius 3 is 2.83 bits per heavy atom. The predicted octanol–water partition coefficient (Wildman–Crippen LogP) is 1.95. The number of carbonyl (C=O) groups is 1. The van der Waals surface area contributed by atoms with Gasteiger partial charge in [0.05, 0.1) is 17.6 Å². The molecule has 92 valence electrons. The van der Waals surface area contributed by atoms with Gasteiger partial charge in [0.25, 0.3) is 5.91 Å². The molecule has 18 heavy (non-hydrogen) atoms. The summed E-state index contributed by atoms with van der Waals surface area (Å²) in [7, 11) is 0. The van der Waals surface area contributed by atoms with Gasteiger partial charge in [0.15, 0.2) is 0 Å². The van der Waals surface area contributed by atoms with Crippen molar-refractivity contribution in [3.63, 3.8) is 0 Å². The average Bonchev–Trinajstić information content (AvgIpc) is 2.41. The first-order chi connectivity index (χ1) is 8.69. The van der Waals surface area contributed by atoms with Gasteiger partial charge in [-0.15, -0.1) is 0 Å². The summed E-state index contributed by atoms with van der Waals surface area (Å²) < 4.78 is 0.717. The lowest BCUT2D eigenvalue weighted by Crippen LogP contribution is -2.13. The molecule has 0 aliphatic rings. The maximum atomic E-state index is 11.9. The molecule has 2 heterocycles. The van der Waals surface area contributed by atoms with Gasteiger partial charge in [0, 0.05) is 18.3 Å². The van der Waals surface area contributed by atoms with E-state index in [2.05, 4.69) is 31.2 Å². The van der Waals surface area contributed by atoms with E-state index in [4.69, 9.17) is 5.73 Å². The molecule has 0 radical (unpaired) electrons. The first kappa shape index (κ1) is 12.7. The fourth-order valence-electron chi connectivity index (χ4n) is 1.38. The van der Waals surface area contributed by atoms with E-state index >= 15 is 0 Å². The number of nitrogens with one attached hydrogen (secondary N) is 1. The Bertz CT molecular complexity index is 556. The summed E-state index contributed by atoms with van der Waals surface area (Å²) >= 11 is 3.23. The van der Waals surface area contributed by atoms with Crippen LogP contribution in [0.2, 0.25) is 0 Å². The van der Waals surface area contributed by atoms with E-state index in [1.165, 1.54) is 0 Å². The maximum Gasteiger partial charge on any atom is 0.255 e. The van der Waals surface area contributed by atoms with Crippen LogP contribution in [0.4, 0.5) is 5.69 Å². The molecule has 0 saturated heterocycles. The van der Waals surface area contributed by atoms with Crippen LogP contribution >= 0.6 is 15.9 Å². The fourth-order valence-corrected chi connectivity index (χ4v) is 1.62. The van der Waals surface area contributed by atoms with E-state index in [9.17, 15) is 4.79 Å². The lowest BCUT2D eigenvalue weighted by Gasteiger charge is -2.05. The van der Waals surface area contributed by atoms with Crippen LogP contribution < -0.4 is 11.1 Å². The highest BCUT2D eigenvalue weighted by molar-refractivity contribution is 9.10. The molecule has 6 heteroatoms. The lowest BCUT2D eigenvalue weighted by atomic mass is 10.2. The number of anilines is 1. The number of halogens is 1. The van der Waals surface area contributed by atoms with E-state index in [0.717, 1.165) is 4.60 Å². The molecule has 0 fully saturated rings. The van der Waals surface area contributed by atoms with Gasteiger partial charge in [-0.1, -0.05) is 0 Å². The molecule has 3 N–H and O–H groups in total. The van der Waals surface area contributed by atoms with Crippen LogP contribution in [0.5, 0.6) is 0 Å². The highest BCUT2D eigenvalue weighted by atomic mass is 79.9. The van der Waals surface area contributed by atoms with Crippen LogP contribution in [-0.4, -0.2) is 15.9 Å². The van der Waals surface area contributed by atoms with Gasteiger partial charge >= 0.3 is 0 Å². The Labute approximate surface area is 113 Å². The standard InChI is InChI=1S/C12H11BrN4O/c13-11-2-1-9(7-16-11)17-12(18)8-3-4-15-10(5-8)6-14/h1-5,7H,6,14H2,(H,17,18). The largest absolute Gasteiger partial charge is 0.325 e. The molecular formula is C12H11BrN4O. The number of amides is 1. The Balaban J connectivity index is 2.14. The zero-order valence-corrected chi connectivity index (χ0v) is 11.0. The minimum Gasteiger partial charge on any atom is -0.325 e. The fraction of sp³-hybridized carbons (Fsp3) is 0.0833. The minimum atomic E-state index is -0.212. The number of aromatic nitrogens is 2. The van der Waals surface area contributed by atoms with Gasteiger partial charge < -0.3 is 11.1 Å². The van der Waals surface area contributed by atoms with Gasteiger partial charge in [-0.3, -0.25) is 9.78 Å². The first-order valence-corrected chi connectivity index (χ1v) is 6.06. The minimum absolute atomic E-state index is 0.212. The van der Waals surface area contributed by atoms with Crippen molar-refractivity contribution in [3.05, 3.63) is 52.5 Å². The van der Waals surface area contributed by atoms with Gasteiger partial charge in [-0.25, -0.2) is 4.98 Å². The third-order valence-electron chi connectivity index (χ3n) is 2.27. The zero-order chi connectivity index (χ0) is 13.0. The smallest absolute Gasteiger partial charge is 0.255 e. The second kappa shape index (κ2) is 5.70. The molecule has 0 aliphatic carbocycles. The molecule has 0 aromatic carbocycles. The molecule has 0 atom stereocenters. The molecule has 0 bridgehead atoms. The van der Waals surface area contributed by atoms with E-state index in [-0.39, 0.29) is 5.91 Å². The quantitative estimate of drug-likeness (QED) is 0.849. The first-order valence-electron chi connectivity index (χ1n) is 5.27. The van der Waals surface area contributed by atoms with Crippen molar-refractivity contribution in [1.29, 1.82) is 0 Å². The van der Waals surface area contributed by atoms with Gasteiger partial charge in [0.1, 0.15) is 4.60 Å². The van der Waals surface area contributed by atoms with Crippen molar-refractivity contribution >= 4 is 27.5 Å². The Morgan fingerprint density at radius 1 is 1.33 bits per heavy atom. The summed E-state index contributed by atoms with van der Waals surface area (Å²) in [6.07, 6.45) is 3.14. The number of pyridine rings is 2. The number of hydrogen-bond acceptors (Lipinski definition) is 4.